The quantitative estimate of drug-likeness (QED) is 0.515. The van der Waals surface area contributed by atoms with E-state index in [1.165, 1.54) is 4.90 Å². The predicted molar refractivity (Wildman–Crippen MR) is 105 cm³/mol. The number of fused-ring (bicyclic) bond motifs is 1. The second-order valence-corrected chi connectivity index (χ2v) is 6.75. The number of aromatic nitrogens is 2. The largest absolute Gasteiger partial charge is 0.478 e. The number of nitrogens with zero attached hydrogens (tertiary/aromatic N) is 2. The Morgan fingerprint density at radius 2 is 1.73 bits per heavy atom. The van der Waals surface area contributed by atoms with Crippen molar-refractivity contribution in [3.63, 3.8) is 0 Å². The molecule has 26 heavy (non-hydrogen) atoms. The van der Waals surface area contributed by atoms with E-state index in [-0.39, 0.29) is 5.56 Å². The minimum absolute atomic E-state index is 0.249. The zero-order valence-corrected chi connectivity index (χ0v) is 14.9. The van der Waals surface area contributed by atoms with E-state index in [0.717, 1.165) is 27.9 Å². The van der Waals surface area contributed by atoms with Gasteiger partial charge in [0.25, 0.3) is 0 Å². The van der Waals surface area contributed by atoms with Crippen molar-refractivity contribution in [2.45, 2.75) is 4.90 Å². The zero-order valence-electron chi connectivity index (χ0n) is 14.1. The minimum atomic E-state index is -0.946. The van der Waals surface area contributed by atoms with Gasteiger partial charge in [-0.15, -0.1) is 11.8 Å². The lowest BCUT2D eigenvalue weighted by molar-refractivity contribution is 0.0697. The van der Waals surface area contributed by atoms with E-state index in [4.69, 9.17) is 5.10 Å². The zero-order chi connectivity index (χ0) is 18.1. The molecule has 128 valence electrons. The number of benzene rings is 2. The van der Waals surface area contributed by atoms with Crippen LogP contribution in [0.25, 0.3) is 27.9 Å². The third-order valence-corrected chi connectivity index (χ3v) is 5.05. The summed E-state index contributed by atoms with van der Waals surface area (Å²) in [6.45, 7) is 0. The fraction of sp³-hybridized carbons (Fsp3) is 0.0476. The summed E-state index contributed by atoms with van der Waals surface area (Å²) in [4.78, 5) is 12.6. The molecule has 0 amide bonds. The van der Waals surface area contributed by atoms with Crippen LogP contribution >= 0.6 is 11.8 Å². The number of carbonyl (C=O) groups is 1. The SMILES string of the molecule is CSc1ccc(-c2c(-c3ccccc3)nn3ccc(C(=O)O)cc23)cc1. The average Bonchev–Trinajstić information content (AvgIpc) is 3.07. The van der Waals surface area contributed by atoms with Crippen molar-refractivity contribution in [1.29, 1.82) is 0 Å². The van der Waals surface area contributed by atoms with Crippen LogP contribution < -0.4 is 0 Å². The summed E-state index contributed by atoms with van der Waals surface area (Å²) in [6, 6.07) is 21.4. The highest BCUT2D eigenvalue weighted by atomic mass is 32.2. The number of carboxylic acid groups (broad SMARTS) is 1. The van der Waals surface area contributed by atoms with Gasteiger partial charge in [-0.3, -0.25) is 0 Å². The summed E-state index contributed by atoms with van der Waals surface area (Å²) in [6.07, 6.45) is 3.74. The molecule has 5 heteroatoms. The van der Waals surface area contributed by atoms with Crippen LogP contribution in [0.2, 0.25) is 0 Å². The summed E-state index contributed by atoms with van der Waals surface area (Å²) >= 11 is 1.69. The Balaban J connectivity index is 2.02. The summed E-state index contributed by atoms with van der Waals surface area (Å²) in [5.41, 5.74) is 4.81. The van der Waals surface area contributed by atoms with E-state index in [9.17, 15) is 9.90 Å². The molecule has 0 bridgehead atoms. The van der Waals surface area contributed by atoms with E-state index in [1.807, 2.05) is 36.6 Å². The fourth-order valence-corrected chi connectivity index (χ4v) is 3.43. The van der Waals surface area contributed by atoms with E-state index in [0.29, 0.717) is 0 Å². The molecule has 2 aromatic carbocycles. The van der Waals surface area contributed by atoms with Gasteiger partial charge in [-0.05, 0) is 36.1 Å². The van der Waals surface area contributed by atoms with E-state index < -0.39 is 5.97 Å². The first-order chi connectivity index (χ1) is 12.7. The number of hydrogen-bond donors (Lipinski definition) is 1. The Bertz CT molecular complexity index is 1090. The second-order valence-electron chi connectivity index (χ2n) is 5.87. The summed E-state index contributed by atoms with van der Waals surface area (Å²) < 4.78 is 1.74. The maximum absolute atomic E-state index is 11.4. The van der Waals surface area contributed by atoms with Gasteiger partial charge in [0.2, 0.25) is 0 Å². The Labute approximate surface area is 155 Å². The molecule has 0 radical (unpaired) electrons. The van der Waals surface area contributed by atoms with Crippen LogP contribution in [-0.4, -0.2) is 26.9 Å². The van der Waals surface area contributed by atoms with E-state index >= 15 is 0 Å². The molecular weight excluding hydrogens is 344 g/mol. The van der Waals surface area contributed by atoms with Crippen molar-refractivity contribution in [2.24, 2.45) is 0 Å². The Kier molecular flexibility index (Phi) is 4.22. The molecule has 0 fully saturated rings. The van der Waals surface area contributed by atoms with Gasteiger partial charge >= 0.3 is 5.97 Å². The highest BCUT2D eigenvalue weighted by Gasteiger charge is 2.17. The van der Waals surface area contributed by atoms with E-state index in [1.54, 1.807) is 34.6 Å². The van der Waals surface area contributed by atoms with Gasteiger partial charge in [-0.1, -0.05) is 42.5 Å². The molecule has 2 heterocycles. The smallest absolute Gasteiger partial charge is 0.335 e. The Hall–Kier alpha value is -3.05. The normalized spacial score (nSPS) is 11.0. The third kappa shape index (κ3) is 2.86. The van der Waals surface area contributed by atoms with Gasteiger partial charge < -0.3 is 5.11 Å². The molecule has 4 rings (SSSR count). The standard InChI is InChI=1S/C21H16N2O2S/c1-26-17-9-7-14(8-10-17)19-18-13-16(21(24)25)11-12-23(18)22-20(19)15-5-3-2-4-6-15/h2-13H,1H3,(H,24,25). The van der Waals surface area contributed by atoms with Gasteiger partial charge in [0, 0.05) is 22.2 Å². The van der Waals surface area contributed by atoms with Crippen LogP contribution in [0, 0.1) is 0 Å². The van der Waals surface area contributed by atoms with Crippen LogP contribution in [0.4, 0.5) is 0 Å². The van der Waals surface area contributed by atoms with Crippen LogP contribution in [0.5, 0.6) is 0 Å². The highest BCUT2D eigenvalue weighted by Crippen LogP contribution is 2.36. The van der Waals surface area contributed by atoms with Gasteiger partial charge in [-0.2, -0.15) is 5.10 Å². The van der Waals surface area contributed by atoms with Gasteiger partial charge in [0.1, 0.15) is 5.69 Å². The van der Waals surface area contributed by atoms with E-state index in [2.05, 4.69) is 24.3 Å². The molecular formula is C21H16N2O2S. The van der Waals surface area contributed by atoms with Crippen molar-refractivity contribution in [3.05, 3.63) is 78.5 Å². The summed E-state index contributed by atoms with van der Waals surface area (Å²) in [5, 5.41) is 14.1. The maximum atomic E-state index is 11.4. The van der Waals surface area contributed by atoms with Crippen molar-refractivity contribution < 1.29 is 9.90 Å². The molecule has 0 aliphatic carbocycles. The molecule has 0 saturated carbocycles. The lowest BCUT2D eigenvalue weighted by atomic mass is 9.99. The summed E-state index contributed by atoms with van der Waals surface area (Å²) in [5.74, 6) is -0.946. The molecule has 0 saturated heterocycles. The van der Waals surface area contributed by atoms with Gasteiger partial charge in [-0.25, -0.2) is 9.31 Å². The van der Waals surface area contributed by atoms with Crippen molar-refractivity contribution in [3.8, 4) is 22.4 Å². The highest BCUT2D eigenvalue weighted by molar-refractivity contribution is 7.98. The van der Waals surface area contributed by atoms with Crippen LogP contribution in [0.3, 0.4) is 0 Å². The number of aromatic carboxylic acids is 1. The maximum Gasteiger partial charge on any atom is 0.335 e. The number of rotatable bonds is 4. The third-order valence-electron chi connectivity index (χ3n) is 4.31. The van der Waals surface area contributed by atoms with Gasteiger partial charge in [0.05, 0.1) is 11.1 Å². The molecule has 0 aliphatic heterocycles. The lowest BCUT2D eigenvalue weighted by Crippen LogP contribution is -1.97. The van der Waals surface area contributed by atoms with Crippen LogP contribution in [-0.2, 0) is 0 Å². The predicted octanol–water partition coefficient (Wildman–Crippen LogP) is 5.09. The summed E-state index contributed by atoms with van der Waals surface area (Å²) in [7, 11) is 0. The molecule has 0 unspecified atom stereocenters. The topological polar surface area (TPSA) is 54.6 Å². The molecule has 4 nitrogen and oxygen atoms in total. The monoisotopic (exact) mass is 360 g/mol. The fourth-order valence-electron chi connectivity index (χ4n) is 3.02. The van der Waals surface area contributed by atoms with Gasteiger partial charge in [0.15, 0.2) is 0 Å². The molecule has 2 aromatic heterocycles. The molecule has 4 aromatic rings. The van der Waals surface area contributed by atoms with Crippen molar-refractivity contribution in [1.82, 2.24) is 9.61 Å². The van der Waals surface area contributed by atoms with Crippen LogP contribution in [0.15, 0.2) is 77.8 Å². The molecule has 0 aliphatic rings. The minimum Gasteiger partial charge on any atom is -0.478 e. The number of hydrogen-bond acceptors (Lipinski definition) is 3. The molecule has 0 spiro atoms. The molecule has 0 atom stereocenters. The average molecular weight is 360 g/mol. The van der Waals surface area contributed by atoms with Crippen LogP contribution in [0.1, 0.15) is 10.4 Å². The first-order valence-electron chi connectivity index (χ1n) is 8.13. The van der Waals surface area contributed by atoms with Crippen molar-refractivity contribution in [2.75, 3.05) is 6.26 Å². The number of carboxylic acids is 1. The van der Waals surface area contributed by atoms with Crippen molar-refractivity contribution >= 4 is 23.2 Å². The second kappa shape index (κ2) is 6.69. The Morgan fingerprint density at radius 1 is 1.00 bits per heavy atom. The Morgan fingerprint density at radius 3 is 2.38 bits per heavy atom. The number of thioether (sulfide) groups is 1. The molecule has 1 N–H and O–H groups in total. The number of pyridine rings is 1. The first kappa shape index (κ1) is 16.4. The lowest BCUT2D eigenvalue weighted by Gasteiger charge is -2.05. The first-order valence-corrected chi connectivity index (χ1v) is 9.35.